The minimum Gasteiger partial charge on any atom is -0.394 e. The number of nitrogens with zero attached hydrogens (tertiary/aromatic N) is 2. The summed E-state index contributed by atoms with van der Waals surface area (Å²) in [7, 11) is 0. The summed E-state index contributed by atoms with van der Waals surface area (Å²) < 4.78 is 0. The predicted octanol–water partition coefficient (Wildman–Crippen LogP) is 0.811. The highest BCUT2D eigenvalue weighted by Crippen LogP contribution is 2.09. The van der Waals surface area contributed by atoms with E-state index in [-0.39, 0.29) is 11.6 Å². The van der Waals surface area contributed by atoms with Gasteiger partial charge in [-0.05, 0) is 27.2 Å². The van der Waals surface area contributed by atoms with Crippen LogP contribution in [0.2, 0.25) is 0 Å². The first kappa shape index (κ1) is 10.5. The Balaban J connectivity index is 2.23. The fourth-order valence-corrected chi connectivity index (χ4v) is 1.05. The summed E-state index contributed by atoms with van der Waals surface area (Å²) in [5.74, 6) is 0. The zero-order valence-electron chi connectivity index (χ0n) is 8.53. The lowest BCUT2D eigenvalue weighted by Crippen LogP contribution is -2.22. The highest BCUT2D eigenvalue weighted by atomic mass is 16.7. The molecule has 0 aromatic rings. The molecule has 0 bridgehead atoms. The summed E-state index contributed by atoms with van der Waals surface area (Å²) in [5, 5.41) is 10.9. The van der Waals surface area contributed by atoms with Gasteiger partial charge in [0.15, 0.2) is 6.40 Å². The molecule has 0 radical (unpaired) electrons. The molecular weight excluding hydrogens is 168 g/mol. The van der Waals surface area contributed by atoms with E-state index in [1.54, 1.807) is 5.06 Å². The Morgan fingerprint density at radius 2 is 2.23 bits per heavy atom. The van der Waals surface area contributed by atoms with Crippen LogP contribution in [0.25, 0.3) is 0 Å². The Morgan fingerprint density at radius 1 is 1.54 bits per heavy atom. The van der Waals surface area contributed by atoms with Gasteiger partial charge in [-0.1, -0.05) is 0 Å². The summed E-state index contributed by atoms with van der Waals surface area (Å²) in [5.41, 5.74) is -0.0989. The topological polar surface area (TPSA) is 45.1 Å². The van der Waals surface area contributed by atoms with Crippen LogP contribution in [0.1, 0.15) is 27.2 Å². The molecule has 0 aliphatic carbocycles. The van der Waals surface area contributed by atoms with Crippen molar-refractivity contribution < 1.29 is 9.94 Å². The van der Waals surface area contributed by atoms with Gasteiger partial charge in [-0.3, -0.25) is 4.99 Å². The van der Waals surface area contributed by atoms with E-state index in [0.717, 1.165) is 13.0 Å². The number of rotatable bonds is 2. The predicted molar refractivity (Wildman–Crippen MR) is 51.5 cm³/mol. The second-order valence-corrected chi connectivity index (χ2v) is 4.34. The number of hydrogen-bond donors (Lipinski definition) is 1. The first-order chi connectivity index (χ1) is 5.97. The lowest BCUT2D eigenvalue weighted by atomic mass is 10.1. The van der Waals surface area contributed by atoms with Crippen molar-refractivity contribution in [2.24, 2.45) is 4.99 Å². The third-order valence-corrected chi connectivity index (χ3v) is 1.76. The average molecular weight is 186 g/mol. The molecular formula is C9H18N2O2. The number of hydrogen-bond acceptors (Lipinski definition) is 4. The van der Waals surface area contributed by atoms with Crippen molar-refractivity contribution in [3.05, 3.63) is 0 Å². The molecule has 4 heteroatoms. The molecule has 1 aliphatic rings. The highest BCUT2D eigenvalue weighted by molar-refractivity contribution is 5.46. The SMILES string of the molecule is CC(C)(C)N=CON1CCC(O)C1. The van der Waals surface area contributed by atoms with Crippen molar-refractivity contribution in [3.63, 3.8) is 0 Å². The van der Waals surface area contributed by atoms with Crippen molar-refractivity contribution in [1.82, 2.24) is 5.06 Å². The van der Waals surface area contributed by atoms with E-state index in [1.807, 2.05) is 20.8 Å². The lowest BCUT2D eigenvalue weighted by Gasteiger charge is -2.14. The standard InChI is InChI=1S/C9H18N2O2/c1-9(2,3)10-7-13-11-5-4-8(12)6-11/h7-8,12H,4-6H2,1-3H3. The molecule has 1 heterocycles. The van der Waals surface area contributed by atoms with Gasteiger partial charge in [0.2, 0.25) is 0 Å². The van der Waals surface area contributed by atoms with Gasteiger partial charge in [0.25, 0.3) is 0 Å². The van der Waals surface area contributed by atoms with Crippen molar-refractivity contribution in [2.75, 3.05) is 13.1 Å². The third kappa shape index (κ3) is 4.24. The van der Waals surface area contributed by atoms with E-state index in [0.29, 0.717) is 6.54 Å². The Hall–Kier alpha value is -0.610. The summed E-state index contributed by atoms with van der Waals surface area (Å²) >= 11 is 0. The third-order valence-electron chi connectivity index (χ3n) is 1.76. The largest absolute Gasteiger partial charge is 0.394 e. The summed E-state index contributed by atoms with van der Waals surface area (Å²) in [6.07, 6.45) is 1.99. The van der Waals surface area contributed by atoms with E-state index in [4.69, 9.17) is 4.84 Å². The molecule has 76 valence electrons. The van der Waals surface area contributed by atoms with E-state index < -0.39 is 0 Å². The lowest BCUT2D eigenvalue weighted by molar-refractivity contribution is -0.0520. The molecule has 0 aromatic heterocycles. The molecule has 0 aromatic carbocycles. The normalized spacial score (nSPS) is 25.7. The minimum absolute atomic E-state index is 0.0989. The molecule has 1 aliphatic heterocycles. The minimum atomic E-state index is -0.247. The maximum atomic E-state index is 9.19. The van der Waals surface area contributed by atoms with Crippen LogP contribution in [-0.4, -0.2) is 41.3 Å². The van der Waals surface area contributed by atoms with E-state index in [2.05, 4.69) is 4.99 Å². The van der Waals surface area contributed by atoms with Crippen molar-refractivity contribution in [1.29, 1.82) is 0 Å². The second kappa shape index (κ2) is 4.07. The van der Waals surface area contributed by atoms with Crippen LogP contribution in [0.15, 0.2) is 4.99 Å². The Bertz CT molecular complexity index is 187. The number of aliphatic imine (C=N–C) groups is 1. The van der Waals surface area contributed by atoms with E-state index in [9.17, 15) is 5.11 Å². The Morgan fingerprint density at radius 3 is 2.69 bits per heavy atom. The first-order valence-electron chi connectivity index (χ1n) is 4.61. The van der Waals surface area contributed by atoms with Gasteiger partial charge >= 0.3 is 0 Å². The van der Waals surface area contributed by atoms with Gasteiger partial charge in [-0.2, -0.15) is 0 Å². The van der Waals surface area contributed by atoms with Crippen LogP contribution in [-0.2, 0) is 4.84 Å². The molecule has 0 amide bonds. The van der Waals surface area contributed by atoms with Crippen LogP contribution < -0.4 is 0 Å². The van der Waals surface area contributed by atoms with Crippen LogP contribution in [0.5, 0.6) is 0 Å². The molecule has 13 heavy (non-hydrogen) atoms. The number of aliphatic hydroxyl groups excluding tert-OH is 1. The zero-order chi connectivity index (χ0) is 9.90. The maximum Gasteiger partial charge on any atom is 0.197 e. The quantitative estimate of drug-likeness (QED) is 0.513. The second-order valence-electron chi connectivity index (χ2n) is 4.34. The first-order valence-corrected chi connectivity index (χ1v) is 4.61. The molecule has 1 fully saturated rings. The van der Waals surface area contributed by atoms with Gasteiger partial charge in [-0.25, -0.2) is 0 Å². The fraction of sp³-hybridized carbons (Fsp3) is 0.889. The highest BCUT2D eigenvalue weighted by Gasteiger charge is 2.20. The van der Waals surface area contributed by atoms with Crippen LogP contribution in [0.4, 0.5) is 0 Å². The molecule has 1 rings (SSSR count). The maximum absolute atomic E-state index is 9.19. The van der Waals surface area contributed by atoms with Gasteiger partial charge in [-0.15, -0.1) is 5.06 Å². The Labute approximate surface area is 79.2 Å². The fourth-order valence-electron chi connectivity index (χ4n) is 1.05. The van der Waals surface area contributed by atoms with Gasteiger partial charge < -0.3 is 9.94 Å². The number of hydroxylamine groups is 2. The van der Waals surface area contributed by atoms with E-state index >= 15 is 0 Å². The van der Waals surface area contributed by atoms with Gasteiger partial charge in [0.05, 0.1) is 18.2 Å². The number of β-amino-alcohol motifs (C(OH)–C–C–N with tert-alkyl or cyclic N) is 1. The van der Waals surface area contributed by atoms with Gasteiger partial charge in [0.1, 0.15) is 0 Å². The van der Waals surface area contributed by atoms with Crippen LogP contribution >= 0.6 is 0 Å². The molecule has 0 spiro atoms. The summed E-state index contributed by atoms with van der Waals surface area (Å²) in [4.78, 5) is 9.41. The van der Waals surface area contributed by atoms with Crippen molar-refractivity contribution >= 4 is 6.40 Å². The average Bonchev–Trinajstić information content (AvgIpc) is 2.33. The van der Waals surface area contributed by atoms with Crippen molar-refractivity contribution in [2.45, 2.75) is 38.8 Å². The zero-order valence-corrected chi connectivity index (χ0v) is 8.53. The van der Waals surface area contributed by atoms with Crippen molar-refractivity contribution in [3.8, 4) is 0 Å². The molecule has 4 nitrogen and oxygen atoms in total. The summed E-state index contributed by atoms with van der Waals surface area (Å²) in [6.45, 7) is 7.37. The molecule has 1 N–H and O–H groups in total. The van der Waals surface area contributed by atoms with Crippen LogP contribution in [0, 0.1) is 0 Å². The smallest absolute Gasteiger partial charge is 0.197 e. The molecule has 1 unspecified atom stereocenters. The molecule has 1 saturated heterocycles. The monoisotopic (exact) mass is 186 g/mol. The van der Waals surface area contributed by atoms with Crippen LogP contribution in [0.3, 0.4) is 0 Å². The van der Waals surface area contributed by atoms with Gasteiger partial charge in [0, 0.05) is 6.54 Å². The summed E-state index contributed by atoms with van der Waals surface area (Å²) in [6, 6.07) is 0. The molecule has 1 atom stereocenters. The number of aliphatic hydroxyl groups is 1. The van der Waals surface area contributed by atoms with E-state index in [1.165, 1.54) is 6.40 Å². The Kier molecular flexibility index (Phi) is 3.27. The molecule has 0 saturated carbocycles.